The van der Waals surface area contributed by atoms with Crippen LogP contribution in [0.15, 0.2) is 0 Å². The zero-order valence-electron chi connectivity index (χ0n) is 8.55. The third-order valence-corrected chi connectivity index (χ3v) is 2.78. The van der Waals surface area contributed by atoms with Crippen molar-refractivity contribution in [2.75, 3.05) is 20.3 Å². The number of hydrogen-bond donors (Lipinski definition) is 0. The molecular weight excluding hydrogens is 150 g/mol. The Kier molecular flexibility index (Phi) is 4.02. The van der Waals surface area contributed by atoms with E-state index >= 15 is 0 Å². The van der Waals surface area contributed by atoms with E-state index < -0.39 is 0 Å². The number of rotatable bonds is 2. The van der Waals surface area contributed by atoms with Crippen molar-refractivity contribution in [3.63, 3.8) is 0 Å². The summed E-state index contributed by atoms with van der Waals surface area (Å²) in [6.07, 6.45) is 3.86. The highest BCUT2D eigenvalue weighted by Gasteiger charge is 2.18. The molecule has 0 aromatic heterocycles. The summed E-state index contributed by atoms with van der Waals surface area (Å²) >= 11 is 0. The van der Waals surface area contributed by atoms with Gasteiger partial charge < -0.3 is 4.74 Å². The van der Waals surface area contributed by atoms with Gasteiger partial charge in [-0.25, -0.2) is 0 Å². The lowest BCUT2D eigenvalue weighted by molar-refractivity contribution is 0.0724. The third-order valence-electron chi connectivity index (χ3n) is 2.78. The minimum absolute atomic E-state index is 0.636. The summed E-state index contributed by atoms with van der Waals surface area (Å²) in [5.41, 5.74) is 0. The van der Waals surface area contributed by atoms with Crippen LogP contribution in [0.1, 0.15) is 33.1 Å². The topological polar surface area (TPSA) is 12.5 Å². The normalized spacial score (nSPS) is 26.2. The second kappa shape index (κ2) is 4.83. The van der Waals surface area contributed by atoms with Crippen molar-refractivity contribution in [1.29, 1.82) is 0 Å². The van der Waals surface area contributed by atoms with E-state index in [9.17, 15) is 0 Å². The zero-order valence-corrected chi connectivity index (χ0v) is 8.55. The Hall–Kier alpha value is -0.0800. The number of nitrogens with zero attached hydrogens (tertiary/aromatic N) is 1. The number of ether oxygens (including phenoxy) is 1. The molecule has 1 saturated heterocycles. The van der Waals surface area contributed by atoms with Crippen LogP contribution in [0.25, 0.3) is 0 Å². The molecule has 72 valence electrons. The van der Waals surface area contributed by atoms with Crippen LogP contribution in [-0.4, -0.2) is 37.2 Å². The van der Waals surface area contributed by atoms with E-state index in [0.29, 0.717) is 12.1 Å². The minimum Gasteiger partial charge on any atom is -0.380 e. The van der Waals surface area contributed by atoms with Crippen molar-refractivity contribution in [2.24, 2.45) is 0 Å². The number of hydrogen-bond acceptors (Lipinski definition) is 2. The highest BCUT2D eigenvalue weighted by atomic mass is 16.5. The summed E-state index contributed by atoms with van der Waals surface area (Å²) in [5, 5.41) is 0. The lowest BCUT2D eigenvalue weighted by Gasteiger charge is -2.29. The summed E-state index contributed by atoms with van der Waals surface area (Å²) in [7, 11) is 2.20. The first-order valence-corrected chi connectivity index (χ1v) is 5.01. The molecule has 2 nitrogen and oxygen atoms in total. The van der Waals surface area contributed by atoms with Crippen LogP contribution in [0.3, 0.4) is 0 Å². The highest BCUT2D eigenvalue weighted by molar-refractivity contribution is 4.72. The molecule has 1 aliphatic rings. The summed E-state index contributed by atoms with van der Waals surface area (Å²) in [6.45, 7) is 6.37. The third kappa shape index (κ3) is 2.76. The van der Waals surface area contributed by atoms with Gasteiger partial charge in [0.2, 0.25) is 0 Å². The average molecular weight is 171 g/mol. The summed E-state index contributed by atoms with van der Waals surface area (Å²) in [4.78, 5) is 2.42. The Bertz CT molecular complexity index is 117. The first kappa shape index (κ1) is 10.0. The Balaban J connectivity index is 2.37. The van der Waals surface area contributed by atoms with Crippen molar-refractivity contribution >= 4 is 0 Å². The van der Waals surface area contributed by atoms with Crippen LogP contribution in [0, 0.1) is 0 Å². The molecule has 0 saturated carbocycles. The summed E-state index contributed by atoms with van der Waals surface area (Å²) < 4.78 is 5.54. The van der Waals surface area contributed by atoms with E-state index in [-0.39, 0.29) is 0 Å². The van der Waals surface area contributed by atoms with E-state index in [2.05, 4.69) is 25.8 Å². The molecule has 1 aliphatic heterocycles. The van der Waals surface area contributed by atoms with Crippen molar-refractivity contribution in [1.82, 2.24) is 4.90 Å². The smallest absolute Gasteiger partial charge is 0.0621 e. The van der Waals surface area contributed by atoms with Crippen LogP contribution >= 0.6 is 0 Å². The fourth-order valence-electron chi connectivity index (χ4n) is 1.63. The fourth-order valence-corrected chi connectivity index (χ4v) is 1.63. The van der Waals surface area contributed by atoms with Gasteiger partial charge >= 0.3 is 0 Å². The molecule has 0 aromatic carbocycles. The summed E-state index contributed by atoms with van der Waals surface area (Å²) in [5.74, 6) is 0. The molecule has 0 N–H and O–H groups in total. The number of likely N-dealkylation sites (N-methyl/N-ethyl adjacent to an activating group) is 1. The van der Waals surface area contributed by atoms with E-state index in [1.165, 1.54) is 19.3 Å². The van der Waals surface area contributed by atoms with Crippen LogP contribution in [-0.2, 0) is 4.74 Å². The maximum atomic E-state index is 5.54. The molecule has 12 heavy (non-hydrogen) atoms. The Morgan fingerprint density at radius 3 is 2.75 bits per heavy atom. The molecule has 0 bridgehead atoms. The predicted octanol–water partition coefficient (Wildman–Crippen LogP) is 1.90. The molecule has 1 rings (SSSR count). The van der Waals surface area contributed by atoms with E-state index in [1.54, 1.807) is 0 Å². The average Bonchev–Trinajstić information content (AvgIpc) is 2.30. The van der Waals surface area contributed by atoms with Crippen LogP contribution in [0.5, 0.6) is 0 Å². The molecule has 0 radical (unpaired) electrons. The van der Waals surface area contributed by atoms with Gasteiger partial charge in [0.25, 0.3) is 0 Å². The van der Waals surface area contributed by atoms with Crippen LogP contribution in [0.4, 0.5) is 0 Å². The fraction of sp³-hybridized carbons (Fsp3) is 1.00. The SMILES string of the molecule is CC(C)N(C)C1CCCCOC1. The van der Waals surface area contributed by atoms with Crippen molar-refractivity contribution < 1.29 is 4.74 Å². The van der Waals surface area contributed by atoms with Crippen LogP contribution < -0.4 is 0 Å². The maximum absolute atomic E-state index is 5.54. The highest BCUT2D eigenvalue weighted by Crippen LogP contribution is 2.14. The lowest BCUT2D eigenvalue weighted by atomic mass is 10.1. The molecule has 2 heteroatoms. The molecule has 0 spiro atoms. The molecule has 0 aromatic rings. The van der Waals surface area contributed by atoms with Crippen molar-refractivity contribution in [3.05, 3.63) is 0 Å². The van der Waals surface area contributed by atoms with Gasteiger partial charge in [-0.05, 0) is 40.2 Å². The molecule has 1 unspecified atom stereocenters. The van der Waals surface area contributed by atoms with Gasteiger partial charge in [0, 0.05) is 18.7 Å². The van der Waals surface area contributed by atoms with Crippen molar-refractivity contribution in [3.8, 4) is 0 Å². The second-order valence-corrected chi connectivity index (χ2v) is 3.98. The zero-order chi connectivity index (χ0) is 8.97. The molecule has 1 heterocycles. The first-order chi connectivity index (χ1) is 5.72. The van der Waals surface area contributed by atoms with Crippen LogP contribution in [0.2, 0.25) is 0 Å². The maximum Gasteiger partial charge on any atom is 0.0621 e. The van der Waals surface area contributed by atoms with Crippen molar-refractivity contribution in [2.45, 2.75) is 45.2 Å². The van der Waals surface area contributed by atoms with Gasteiger partial charge in [0.1, 0.15) is 0 Å². The summed E-state index contributed by atoms with van der Waals surface area (Å²) in [6, 6.07) is 1.28. The van der Waals surface area contributed by atoms with Gasteiger partial charge in [-0.3, -0.25) is 4.90 Å². The monoisotopic (exact) mass is 171 g/mol. The first-order valence-electron chi connectivity index (χ1n) is 5.01. The Morgan fingerprint density at radius 1 is 1.33 bits per heavy atom. The Labute approximate surface area is 75.9 Å². The van der Waals surface area contributed by atoms with E-state index in [1.807, 2.05) is 0 Å². The second-order valence-electron chi connectivity index (χ2n) is 3.98. The van der Waals surface area contributed by atoms with Gasteiger partial charge in [-0.15, -0.1) is 0 Å². The van der Waals surface area contributed by atoms with Gasteiger partial charge in [-0.1, -0.05) is 0 Å². The lowest BCUT2D eigenvalue weighted by Crippen LogP contribution is -2.39. The molecular formula is C10H21NO. The molecule has 1 atom stereocenters. The molecule has 0 aliphatic carbocycles. The quantitative estimate of drug-likeness (QED) is 0.629. The Morgan fingerprint density at radius 2 is 2.08 bits per heavy atom. The minimum atomic E-state index is 0.636. The van der Waals surface area contributed by atoms with Gasteiger partial charge in [0.05, 0.1) is 6.61 Å². The molecule has 1 fully saturated rings. The van der Waals surface area contributed by atoms with Gasteiger partial charge in [0.15, 0.2) is 0 Å². The molecule has 0 amide bonds. The van der Waals surface area contributed by atoms with Gasteiger partial charge in [-0.2, -0.15) is 0 Å². The standard InChI is InChI=1S/C10H21NO/c1-9(2)11(3)10-6-4-5-7-12-8-10/h9-10H,4-8H2,1-3H3. The van der Waals surface area contributed by atoms with E-state index in [0.717, 1.165) is 13.2 Å². The largest absolute Gasteiger partial charge is 0.380 e. The van der Waals surface area contributed by atoms with E-state index in [4.69, 9.17) is 4.74 Å². The predicted molar refractivity (Wildman–Crippen MR) is 51.4 cm³/mol.